The van der Waals surface area contributed by atoms with E-state index in [4.69, 9.17) is 9.47 Å². The van der Waals surface area contributed by atoms with Gasteiger partial charge in [-0.05, 0) is 30.2 Å². The zero-order chi connectivity index (χ0) is 23.3. The van der Waals surface area contributed by atoms with Gasteiger partial charge in [0.2, 0.25) is 0 Å². The summed E-state index contributed by atoms with van der Waals surface area (Å²) >= 11 is 0. The molecule has 0 saturated heterocycles. The summed E-state index contributed by atoms with van der Waals surface area (Å²) in [6.07, 6.45) is -0.918. The second-order valence-corrected chi connectivity index (χ2v) is 8.50. The molecule has 0 saturated carbocycles. The highest BCUT2D eigenvalue weighted by Crippen LogP contribution is 2.55. The third kappa shape index (κ3) is 2.92. The van der Waals surface area contributed by atoms with E-state index in [1.807, 2.05) is 55.5 Å². The summed E-state index contributed by atoms with van der Waals surface area (Å²) < 4.78 is 13.3. The van der Waals surface area contributed by atoms with Crippen LogP contribution in [-0.4, -0.2) is 11.2 Å². The van der Waals surface area contributed by atoms with E-state index in [-0.39, 0.29) is 16.8 Å². The fourth-order valence-electron chi connectivity index (χ4n) is 5.16. The molecule has 0 spiro atoms. The van der Waals surface area contributed by atoms with E-state index in [0.29, 0.717) is 11.3 Å². The van der Waals surface area contributed by atoms with Crippen molar-refractivity contribution in [3.63, 3.8) is 0 Å². The largest absolute Gasteiger partial charge is 0.470 e. The topological polar surface area (TPSA) is 64.8 Å². The van der Waals surface area contributed by atoms with Crippen molar-refractivity contribution in [2.45, 2.75) is 25.0 Å². The predicted molar refractivity (Wildman–Crippen MR) is 129 cm³/mol. The summed E-state index contributed by atoms with van der Waals surface area (Å²) in [7, 11) is 0. The molecule has 0 fully saturated rings. The first-order chi connectivity index (χ1) is 16.6. The van der Waals surface area contributed by atoms with Crippen LogP contribution in [0.2, 0.25) is 0 Å². The van der Waals surface area contributed by atoms with Crippen LogP contribution in [0.5, 0.6) is 5.75 Å². The molecule has 0 aromatic heterocycles. The van der Waals surface area contributed by atoms with Crippen LogP contribution in [-0.2, 0) is 10.3 Å². The molecule has 0 bridgehead atoms. The zero-order valence-corrected chi connectivity index (χ0v) is 18.5. The molecular formula is C28H22N2O4. The number of fused-ring (bicyclic) bond motifs is 5. The SMILES string of the molecule is C[C@H]1Oc2ccc([N+](=O)[O-])cc2[C@@H]2OC(c3ccccc3)(c3ccccc3)c3ccccc3N12. The average Bonchev–Trinajstić information content (AvgIpc) is 2.88. The van der Waals surface area contributed by atoms with Crippen LogP contribution in [0.4, 0.5) is 11.4 Å². The second kappa shape index (κ2) is 7.71. The Hall–Kier alpha value is -4.16. The monoisotopic (exact) mass is 450 g/mol. The molecule has 6 heteroatoms. The summed E-state index contributed by atoms with van der Waals surface area (Å²) in [5.74, 6) is 0.591. The minimum absolute atomic E-state index is 0.00401. The third-order valence-corrected chi connectivity index (χ3v) is 6.62. The highest BCUT2D eigenvalue weighted by atomic mass is 16.6. The minimum atomic E-state index is -0.917. The molecule has 0 N–H and O–H groups in total. The van der Waals surface area contributed by atoms with Gasteiger partial charge in [0.25, 0.3) is 5.69 Å². The number of nitro benzene ring substituents is 1. The summed E-state index contributed by atoms with van der Waals surface area (Å²) in [6.45, 7) is 1.97. The number of para-hydroxylation sites is 1. The van der Waals surface area contributed by atoms with Crippen LogP contribution >= 0.6 is 0 Å². The number of rotatable bonds is 3. The van der Waals surface area contributed by atoms with Gasteiger partial charge < -0.3 is 14.4 Å². The number of hydrogen-bond donors (Lipinski definition) is 0. The van der Waals surface area contributed by atoms with Gasteiger partial charge in [-0.1, -0.05) is 78.9 Å². The molecule has 2 atom stereocenters. The standard InChI is InChI=1S/C28H22N2O4/c1-19-29-25-15-9-8-14-24(25)28(20-10-4-2-5-11-20,21-12-6-3-7-13-21)34-27(29)23-18-22(30(31)32)16-17-26(23)33-19/h2-19,27H,1H3/t19-,27+/m1/s1. The van der Waals surface area contributed by atoms with E-state index in [9.17, 15) is 10.1 Å². The van der Waals surface area contributed by atoms with Crippen molar-refractivity contribution in [1.29, 1.82) is 0 Å². The molecule has 4 aromatic rings. The lowest BCUT2D eigenvalue weighted by Crippen LogP contribution is -2.53. The second-order valence-electron chi connectivity index (χ2n) is 8.50. The van der Waals surface area contributed by atoms with Crippen molar-refractivity contribution in [2.75, 3.05) is 4.90 Å². The number of ether oxygens (including phenoxy) is 2. The van der Waals surface area contributed by atoms with Gasteiger partial charge in [-0.2, -0.15) is 0 Å². The number of hydrogen-bond acceptors (Lipinski definition) is 5. The van der Waals surface area contributed by atoms with Crippen molar-refractivity contribution in [3.8, 4) is 5.75 Å². The maximum absolute atomic E-state index is 11.6. The summed E-state index contributed by atoms with van der Waals surface area (Å²) in [5, 5.41) is 11.6. The maximum Gasteiger partial charge on any atom is 0.270 e. The minimum Gasteiger partial charge on any atom is -0.470 e. The summed E-state index contributed by atoms with van der Waals surface area (Å²) in [5.41, 5.74) is 3.66. The Balaban J connectivity index is 1.67. The fraction of sp³-hybridized carbons (Fsp3) is 0.143. The molecular weight excluding hydrogens is 428 g/mol. The normalized spacial score (nSPS) is 19.9. The lowest BCUT2D eigenvalue weighted by atomic mass is 9.77. The van der Waals surface area contributed by atoms with Gasteiger partial charge in [0, 0.05) is 23.4 Å². The Kier molecular flexibility index (Phi) is 4.64. The van der Waals surface area contributed by atoms with E-state index in [1.54, 1.807) is 12.1 Å². The van der Waals surface area contributed by atoms with E-state index in [2.05, 4.69) is 41.3 Å². The van der Waals surface area contributed by atoms with Crippen molar-refractivity contribution in [2.24, 2.45) is 0 Å². The van der Waals surface area contributed by atoms with Crippen molar-refractivity contribution >= 4 is 11.4 Å². The number of anilines is 1. The predicted octanol–water partition coefficient (Wildman–Crippen LogP) is 6.16. The Bertz CT molecular complexity index is 1330. The molecule has 4 aromatic carbocycles. The first-order valence-corrected chi connectivity index (χ1v) is 11.2. The number of nitrogens with zero attached hydrogens (tertiary/aromatic N) is 2. The quantitative estimate of drug-likeness (QED) is 0.276. The third-order valence-electron chi connectivity index (χ3n) is 6.62. The molecule has 0 aliphatic carbocycles. The highest BCUT2D eigenvalue weighted by molar-refractivity contribution is 5.67. The van der Waals surface area contributed by atoms with E-state index < -0.39 is 11.8 Å². The number of nitro groups is 1. The Morgan fingerprint density at radius 2 is 1.47 bits per heavy atom. The molecule has 168 valence electrons. The van der Waals surface area contributed by atoms with E-state index in [1.165, 1.54) is 6.07 Å². The highest BCUT2D eigenvalue weighted by Gasteiger charge is 2.51. The summed E-state index contributed by atoms with van der Waals surface area (Å²) in [4.78, 5) is 13.3. The molecule has 2 aliphatic rings. The first kappa shape index (κ1) is 20.4. The van der Waals surface area contributed by atoms with Crippen LogP contribution in [0, 0.1) is 10.1 Å². The van der Waals surface area contributed by atoms with Gasteiger partial charge in [-0.3, -0.25) is 10.1 Å². The van der Waals surface area contributed by atoms with Gasteiger partial charge >= 0.3 is 0 Å². The summed E-state index contributed by atoms with van der Waals surface area (Å²) in [6, 6.07) is 33.1. The number of benzene rings is 4. The molecule has 6 nitrogen and oxygen atoms in total. The Morgan fingerprint density at radius 1 is 0.853 bits per heavy atom. The van der Waals surface area contributed by atoms with Crippen LogP contribution in [0.1, 0.15) is 35.4 Å². The zero-order valence-electron chi connectivity index (χ0n) is 18.5. The van der Waals surface area contributed by atoms with Crippen molar-refractivity contribution in [3.05, 3.63) is 135 Å². The first-order valence-electron chi connectivity index (χ1n) is 11.2. The van der Waals surface area contributed by atoms with Crippen molar-refractivity contribution < 1.29 is 14.4 Å². The lowest BCUT2D eigenvalue weighted by molar-refractivity contribution is -0.385. The van der Waals surface area contributed by atoms with Crippen LogP contribution in [0.25, 0.3) is 0 Å². The smallest absolute Gasteiger partial charge is 0.270 e. The average molecular weight is 450 g/mol. The maximum atomic E-state index is 11.6. The Labute approximate surface area is 197 Å². The van der Waals surface area contributed by atoms with Crippen LogP contribution in [0.3, 0.4) is 0 Å². The van der Waals surface area contributed by atoms with Gasteiger partial charge in [0.15, 0.2) is 12.5 Å². The lowest BCUT2D eigenvalue weighted by Gasteiger charge is -2.52. The van der Waals surface area contributed by atoms with Crippen LogP contribution in [0.15, 0.2) is 103 Å². The fourth-order valence-corrected chi connectivity index (χ4v) is 5.16. The van der Waals surface area contributed by atoms with Gasteiger partial charge in [0.05, 0.1) is 10.5 Å². The molecule has 0 amide bonds. The van der Waals surface area contributed by atoms with Gasteiger partial charge in [-0.15, -0.1) is 0 Å². The number of non-ortho nitro benzene ring substituents is 1. The van der Waals surface area contributed by atoms with Gasteiger partial charge in [-0.25, -0.2) is 0 Å². The van der Waals surface area contributed by atoms with Crippen molar-refractivity contribution in [1.82, 2.24) is 0 Å². The van der Waals surface area contributed by atoms with E-state index >= 15 is 0 Å². The van der Waals surface area contributed by atoms with Crippen LogP contribution < -0.4 is 9.64 Å². The molecule has 2 aliphatic heterocycles. The molecule has 2 heterocycles. The van der Waals surface area contributed by atoms with Gasteiger partial charge in [0.1, 0.15) is 11.4 Å². The molecule has 34 heavy (non-hydrogen) atoms. The molecule has 0 unspecified atom stereocenters. The Morgan fingerprint density at radius 3 is 2.12 bits per heavy atom. The molecule has 6 rings (SSSR count). The molecule has 0 radical (unpaired) electrons. The van der Waals surface area contributed by atoms with E-state index in [0.717, 1.165) is 22.4 Å².